The Morgan fingerprint density at radius 1 is 1.32 bits per heavy atom. The minimum absolute atomic E-state index is 0.000185. The first-order valence-electron chi connectivity index (χ1n) is 5.85. The zero-order valence-corrected chi connectivity index (χ0v) is 12.6. The predicted molar refractivity (Wildman–Crippen MR) is 81.1 cm³/mol. The molecule has 1 aromatic heterocycles. The summed E-state index contributed by atoms with van der Waals surface area (Å²) in [5, 5.41) is 0. The molecule has 0 bridgehead atoms. The molecule has 5 heteroatoms. The van der Waals surface area contributed by atoms with E-state index in [1.807, 2.05) is 52.9 Å². The van der Waals surface area contributed by atoms with Crippen LogP contribution in [0.4, 0.5) is 0 Å². The zero-order chi connectivity index (χ0) is 13.8. The number of hydrogen-bond acceptors (Lipinski definition) is 3. The minimum atomic E-state index is -0.158. The van der Waals surface area contributed by atoms with E-state index in [1.54, 1.807) is 6.92 Å². The number of halogens is 1. The van der Waals surface area contributed by atoms with Gasteiger partial charge in [-0.3, -0.25) is 14.2 Å². The molecule has 4 nitrogen and oxygen atoms in total. The number of ketones is 1. The monoisotopic (exact) mass is 368 g/mol. The minimum Gasteiger partial charge on any atom is -0.297 e. The van der Waals surface area contributed by atoms with Crippen LogP contribution in [0, 0.1) is 10.5 Å². The summed E-state index contributed by atoms with van der Waals surface area (Å²) in [6.07, 6.45) is 1.86. The Bertz CT molecular complexity index is 650. The van der Waals surface area contributed by atoms with Crippen molar-refractivity contribution >= 4 is 28.4 Å². The third kappa shape index (κ3) is 3.50. The van der Waals surface area contributed by atoms with Crippen molar-refractivity contribution in [2.45, 2.75) is 19.9 Å². The van der Waals surface area contributed by atoms with E-state index in [4.69, 9.17) is 0 Å². The molecule has 19 heavy (non-hydrogen) atoms. The van der Waals surface area contributed by atoms with Crippen LogP contribution >= 0.6 is 22.6 Å². The fourth-order valence-electron chi connectivity index (χ4n) is 1.79. The maximum atomic E-state index is 12.0. The van der Waals surface area contributed by atoms with E-state index in [0.29, 0.717) is 15.8 Å². The summed E-state index contributed by atoms with van der Waals surface area (Å²) in [5.41, 5.74) is 0.798. The number of nitrogens with zero attached hydrogens (tertiary/aromatic N) is 2. The first-order valence-corrected chi connectivity index (χ1v) is 6.93. The van der Waals surface area contributed by atoms with Crippen molar-refractivity contribution in [2.75, 3.05) is 0 Å². The lowest BCUT2D eigenvalue weighted by molar-refractivity contribution is -0.119. The summed E-state index contributed by atoms with van der Waals surface area (Å²) < 4.78 is 1.95. The quantitative estimate of drug-likeness (QED) is 0.776. The maximum Gasteiger partial charge on any atom is 0.267 e. The topological polar surface area (TPSA) is 52.0 Å². The highest BCUT2D eigenvalue weighted by atomic mass is 127. The molecule has 0 N–H and O–H groups in total. The number of hydrogen-bond donors (Lipinski definition) is 0. The van der Waals surface area contributed by atoms with E-state index in [1.165, 1.54) is 10.8 Å². The van der Waals surface area contributed by atoms with E-state index in [9.17, 15) is 9.59 Å². The number of carbonyl (C=O) groups is 1. The van der Waals surface area contributed by atoms with Gasteiger partial charge >= 0.3 is 0 Å². The van der Waals surface area contributed by atoms with Crippen LogP contribution in [0.1, 0.15) is 11.4 Å². The molecule has 2 rings (SSSR count). The standard InChI is InChI=1S/C14H13IN2O2/c1-10-16-8-13(15)14(19)17(10)9-12(18)7-11-5-3-2-4-6-11/h2-6,8H,7,9H2,1H3. The van der Waals surface area contributed by atoms with Gasteiger partial charge in [-0.1, -0.05) is 30.3 Å². The van der Waals surface area contributed by atoms with Gasteiger partial charge in [-0.05, 0) is 35.1 Å². The second-order valence-electron chi connectivity index (χ2n) is 4.25. The first kappa shape index (κ1) is 13.9. The Labute approximate surface area is 124 Å². The highest BCUT2D eigenvalue weighted by molar-refractivity contribution is 14.1. The third-order valence-corrected chi connectivity index (χ3v) is 3.52. The molecule has 0 saturated carbocycles. The molecule has 0 radical (unpaired) electrons. The van der Waals surface area contributed by atoms with Gasteiger partial charge in [-0.2, -0.15) is 0 Å². The lowest BCUT2D eigenvalue weighted by Crippen LogP contribution is -2.29. The lowest BCUT2D eigenvalue weighted by atomic mass is 10.1. The number of aromatic nitrogens is 2. The van der Waals surface area contributed by atoms with Crippen LogP contribution < -0.4 is 5.56 Å². The SMILES string of the molecule is Cc1ncc(I)c(=O)n1CC(=O)Cc1ccccc1. The smallest absolute Gasteiger partial charge is 0.267 e. The van der Waals surface area contributed by atoms with Gasteiger partial charge in [0.1, 0.15) is 5.82 Å². The number of rotatable bonds is 4. The summed E-state index contributed by atoms with van der Waals surface area (Å²) in [5.74, 6) is 0.562. The Kier molecular flexibility index (Phi) is 4.47. The fourth-order valence-corrected chi connectivity index (χ4v) is 2.22. The molecule has 0 atom stereocenters. The Morgan fingerprint density at radius 2 is 2.00 bits per heavy atom. The van der Waals surface area contributed by atoms with Crippen LogP contribution in [-0.2, 0) is 17.8 Å². The summed E-state index contributed by atoms with van der Waals surface area (Å²) >= 11 is 1.93. The van der Waals surface area contributed by atoms with Crippen LogP contribution in [0.5, 0.6) is 0 Å². The maximum absolute atomic E-state index is 12.0. The Balaban J connectivity index is 2.16. The van der Waals surface area contributed by atoms with E-state index in [0.717, 1.165) is 5.56 Å². The predicted octanol–water partition coefficient (Wildman–Crippen LogP) is 1.97. The fraction of sp³-hybridized carbons (Fsp3) is 0.214. The molecule has 0 aliphatic carbocycles. The summed E-state index contributed by atoms with van der Waals surface area (Å²) in [4.78, 5) is 28.1. The van der Waals surface area contributed by atoms with Crippen molar-refractivity contribution < 1.29 is 4.79 Å². The normalized spacial score (nSPS) is 10.4. The zero-order valence-electron chi connectivity index (χ0n) is 10.5. The van der Waals surface area contributed by atoms with Gasteiger partial charge in [0.25, 0.3) is 5.56 Å². The van der Waals surface area contributed by atoms with E-state index < -0.39 is 0 Å². The molecule has 2 aromatic rings. The molecule has 1 heterocycles. The third-order valence-electron chi connectivity index (χ3n) is 2.78. The van der Waals surface area contributed by atoms with Crippen molar-refractivity contribution in [3.05, 3.63) is 61.8 Å². The van der Waals surface area contributed by atoms with Gasteiger partial charge < -0.3 is 0 Å². The summed E-state index contributed by atoms with van der Waals surface area (Å²) in [6, 6.07) is 9.51. The summed E-state index contributed by atoms with van der Waals surface area (Å²) in [6.45, 7) is 1.80. The molecule has 0 fully saturated rings. The van der Waals surface area contributed by atoms with Crippen LogP contribution in [0.2, 0.25) is 0 Å². The molecule has 0 saturated heterocycles. The largest absolute Gasteiger partial charge is 0.297 e. The number of Topliss-reactive ketones (excluding diaryl/α,β-unsaturated/α-hetero) is 1. The first-order chi connectivity index (χ1) is 9.08. The Hall–Kier alpha value is -1.50. The van der Waals surface area contributed by atoms with Gasteiger partial charge in [-0.25, -0.2) is 4.98 Å². The van der Waals surface area contributed by atoms with Crippen molar-refractivity contribution in [1.82, 2.24) is 9.55 Å². The van der Waals surface area contributed by atoms with Crippen LogP contribution in [-0.4, -0.2) is 15.3 Å². The highest BCUT2D eigenvalue weighted by Gasteiger charge is 2.10. The average molecular weight is 368 g/mol. The highest BCUT2D eigenvalue weighted by Crippen LogP contribution is 2.03. The van der Waals surface area contributed by atoms with Gasteiger partial charge in [0, 0.05) is 12.6 Å². The molecule has 0 aliphatic heterocycles. The van der Waals surface area contributed by atoms with Crippen molar-refractivity contribution in [2.24, 2.45) is 0 Å². The van der Waals surface area contributed by atoms with E-state index >= 15 is 0 Å². The van der Waals surface area contributed by atoms with Crippen LogP contribution in [0.3, 0.4) is 0 Å². The van der Waals surface area contributed by atoms with Crippen molar-refractivity contribution in [1.29, 1.82) is 0 Å². The van der Waals surface area contributed by atoms with Gasteiger partial charge in [0.05, 0.1) is 10.1 Å². The molecule has 0 spiro atoms. The Morgan fingerprint density at radius 3 is 2.68 bits per heavy atom. The lowest BCUT2D eigenvalue weighted by Gasteiger charge is -2.08. The second-order valence-corrected chi connectivity index (χ2v) is 5.41. The number of carbonyl (C=O) groups excluding carboxylic acids is 1. The molecule has 0 unspecified atom stereocenters. The number of aryl methyl sites for hydroxylation is 1. The molecule has 1 aromatic carbocycles. The van der Waals surface area contributed by atoms with Crippen molar-refractivity contribution in [3.8, 4) is 0 Å². The van der Waals surface area contributed by atoms with Gasteiger partial charge in [-0.15, -0.1) is 0 Å². The van der Waals surface area contributed by atoms with Crippen molar-refractivity contribution in [3.63, 3.8) is 0 Å². The molecule has 0 aliphatic rings. The van der Waals surface area contributed by atoms with Crippen LogP contribution in [0.25, 0.3) is 0 Å². The van der Waals surface area contributed by atoms with Gasteiger partial charge in [0.15, 0.2) is 5.78 Å². The van der Waals surface area contributed by atoms with E-state index in [2.05, 4.69) is 4.98 Å². The molecule has 0 amide bonds. The van der Waals surface area contributed by atoms with Gasteiger partial charge in [0.2, 0.25) is 0 Å². The second kappa shape index (κ2) is 6.10. The molecular weight excluding hydrogens is 355 g/mol. The van der Waals surface area contributed by atoms with Crippen LogP contribution in [0.15, 0.2) is 41.3 Å². The summed E-state index contributed by atoms with van der Waals surface area (Å²) in [7, 11) is 0. The average Bonchev–Trinajstić information content (AvgIpc) is 2.40. The molecular formula is C14H13IN2O2. The van der Waals surface area contributed by atoms with E-state index in [-0.39, 0.29) is 17.9 Å². The molecule has 98 valence electrons. The number of benzene rings is 1.